The van der Waals surface area contributed by atoms with Crippen molar-refractivity contribution in [2.75, 3.05) is 13.2 Å². The maximum absolute atomic E-state index is 13.5. The zero-order valence-corrected chi connectivity index (χ0v) is 52.7. The Bertz CT molecular complexity index is 1500. The van der Waals surface area contributed by atoms with Gasteiger partial charge in [0.15, 0.2) is 12.4 Å². The van der Waals surface area contributed by atoms with Crippen LogP contribution >= 0.6 is 0 Å². The predicted molar refractivity (Wildman–Crippen MR) is 338 cm³/mol. The van der Waals surface area contributed by atoms with Gasteiger partial charge in [0.1, 0.15) is 24.4 Å². The summed E-state index contributed by atoms with van der Waals surface area (Å²) in [6, 6.07) is -1.02. The summed E-state index contributed by atoms with van der Waals surface area (Å²) < 4.78 is 17.7. The van der Waals surface area contributed by atoms with E-state index < -0.39 is 67.4 Å². The van der Waals surface area contributed by atoms with E-state index in [2.05, 4.69) is 62.5 Å². The first-order chi connectivity index (χ1) is 39.7. The summed E-state index contributed by atoms with van der Waals surface area (Å²) in [7, 11) is 0. The number of allylic oxidation sites excluding steroid dienone is 7. The molecule has 0 aliphatic carbocycles. The van der Waals surface area contributed by atoms with E-state index in [1.807, 2.05) is 6.08 Å². The van der Waals surface area contributed by atoms with Crippen molar-refractivity contribution >= 4 is 11.9 Å². The lowest BCUT2D eigenvalue weighted by Crippen LogP contribution is -2.61. The molecule has 81 heavy (non-hydrogen) atoms. The number of hydrogen-bond acceptors (Lipinski definition) is 10. The molecule has 0 spiro atoms. The molecule has 11 nitrogen and oxygen atoms in total. The van der Waals surface area contributed by atoms with Crippen LogP contribution in [0.3, 0.4) is 0 Å². The molecule has 474 valence electrons. The zero-order valence-electron chi connectivity index (χ0n) is 52.7. The standard InChI is InChI=1S/C70H129NO10/c1-4-7-10-13-16-19-22-25-27-29-31-32-33-35-37-40-43-46-49-52-55-58-65(75)81-68-67(77)66(76)64(59-72)80-70(68)79-60-61(62(73)56-53-50-47-44-41-38-24-21-18-15-12-9-6-3)71-69(78)63(74)57-54-51-48-45-42-39-36-34-30-28-26-23-20-17-14-11-8-5-2/h16,19,25-28,53,56,61-64,66-68,70,72-74,76-77H,4-15,17-18,20-24,29-52,54-55,57-60H2,1-3H3,(H,71,78)/b19-16-,27-25-,28-26+,56-53+. The highest BCUT2D eigenvalue weighted by Crippen LogP contribution is 2.26. The number of nitrogens with one attached hydrogen (secondary N) is 1. The maximum Gasteiger partial charge on any atom is 0.306 e. The van der Waals surface area contributed by atoms with Crippen LogP contribution in [0.2, 0.25) is 0 Å². The summed E-state index contributed by atoms with van der Waals surface area (Å²) in [5.74, 6) is -1.19. The number of hydrogen-bond donors (Lipinski definition) is 6. The van der Waals surface area contributed by atoms with E-state index in [0.717, 1.165) is 70.6 Å². The summed E-state index contributed by atoms with van der Waals surface area (Å²) in [5.41, 5.74) is 0. The Balaban J connectivity index is 2.62. The highest BCUT2D eigenvalue weighted by molar-refractivity contribution is 5.80. The Morgan fingerprint density at radius 1 is 0.481 bits per heavy atom. The van der Waals surface area contributed by atoms with E-state index in [0.29, 0.717) is 12.8 Å². The number of esters is 1. The summed E-state index contributed by atoms with van der Waals surface area (Å²) >= 11 is 0. The van der Waals surface area contributed by atoms with Gasteiger partial charge < -0.3 is 45.1 Å². The van der Waals surface area contributed by atoms with Crippen LogP contribution in [-0.2, 0) is 23.8 Å². The van der Waals surface area contributed by atoms with Crippen molar-refractivity contribution in [2.24, 2.45) is 0 Å². The monoisotopic (exact) mass is 1140 g/mol. The molecule has 1 saturated heterocycles. The number of aliphatic hydroxyl groups is 5. The average molecular weight is 1140 g/mol. The van der Waals surface area contributed by atoms with Crippen LogP contribution in [0.4, 0.5) is 0 Å². The predicted octanol–water partition coefficient (Wildman–Crippen LogP) is 17.2. The largest absolute Gasteiger partial charge is 0.454 e. The van der Waals surface area contributed by atoms with Crippen LogP contribution in [0.1, 0.15) is 323 Å². The molecule has 1 fully saturated rings. The highest BCUT2D eigenvalue weighted by Gasteiger charge is 2.47. The molecular weight excluding hydrogens is 1010 g/mol. The molecule has 1 aliphatic heterocycles. The van der Waals surface area contributed by atoms with Gasteiger partial charge >= 0.3 is 5.97 Å². The van der Waals surface area contributed by atoms with Crippen molar-refractivity contribution in [3.63, 3.8) is 0 Å². The fourth-order valence-electron chi connectivity index (χ4n) is 10.7. The Morgan fingerprint density at radius 2 is 0.852 bits per heavy atom. The minimum atomic E-state index is -1.61. The van der Waals surface area contributed by atoms with Gasteiger partial charge in [0, 0.05) is 6.42 Å². The van der Waals surface area contributed by atoms with Crippen molar-refractivity contribution in [1.82, 2.24) is 5.32 Å². The molecule has 11 heteroatoms. The molecule has 0 aromatic rings. The number of ether oxygens (including phenoxy) is 3. The fraction of sp³-hybridized carbons (Fsp3) is 0.857. The van der Waals surface area contributed by atoms with Crippen molar-refractivity contribution < 1.29 is 49.3 Å². The van der Waals surface area contributed by atoms with Crippen molar-refractivity contribution in [1.29, 1.82) is 0 Å². The lowest BCUT2D eigenvalue weighted by Gasteiger charge is -2.41. The number of carbonyl (C=O) groups is 2. The number of aliphatic hydroxyl groups excluding tert-OH is 5. The summed E-state index contributed by atoms with van der Waals surface area (Å²) in [6.45, 7) is 5.80. The third kappa shape index (κ3) is 45.6. The van der Waals surface area contributed by atoms with Gasteiger partial charge in [-0.1, -0.05) is 281 Å². The number of unbranched alkanes of at least 4 members (excludes halogenated alkanes) is 39. The van der Waals surface area contributed by atoms with Crippen LogP contribution in [0.15, 0.2) is 48.6 Å². The first-order valence-corrected chi connectivity index (χ1v) is 34.4. The fourth-order valence-corrected chi connectivity index (χ4v) is 10.7. The van der Waals surface area contributed by atoms with E-state index in [-0.39, 0.29) is 19.4 Å². The minimum absolute atomic E-state index is 0.122. The summed E-state index contributed by atoms with van der Waals surface area (Å²) in [5, 5.41) is 57.2. The first kappa shape index (κ1) is 76.6. The van der Waals surface area contributed by atoms with E-state index in [9.17, 15) is 35.1 Å². The zero-order chi connectivity index (χ0) is 58.9. The summed E-state index contributed by atoms with van der Waals surface area (Å²) in [6.07, 6.45) is 61.4. The van der Waals surface area contributed by atoms with Gasteiger partial charge in [0.05, 0.1) is 25.4 Å². The Hall–Kier alpha value is -2.38. The lowest BCUT2D eigenvalue weighted by molar-refractivity contribution is -0.305. The first-order valence-electron chi connectivity index (χ1n) is 34.4. The molecule has 1 aliphatic rings. The maximum atomic E-state index is 13.5. The molecule has 0 bridgehead atoms. The van der Waals surface area contributed by atoms with Gasteiger partial charge in [-0.3, -0.25) is 9.59 Å². The van der Waals surface area contributed by atoms with Gasteiger partial charge in [-0.15, -0.1) is 0 Å². The molecule has 0 aromatic carbocycles. The van der Waals surface area contributed by atoms with Gasteiger partial charge in [-0.2, -0.15) is 0 Å². The molecule has 0 aromatic heterocycles. The molecule has 1 rings (SSSR count). The van der Waals surface area contributed by atoms with E-state index in [4.69, 9.17) is 14.2 Å². The van der Waals surface area contributed by atoms with E-state index in [1.54, 1.807) is 6.08 Å². The molecule has 8 atom stereocenters. The number of carbonyl (C=O) groups excluding carboxylic acids is 2. The van der Waals surface area contributed by atoms with Crippen LogP contribution < -0.4 is 5.32 Å². The van der Waals surface area contributed by atoms with E-state index in [1.165, 1.54) is 205 Å². The second-order valence-electron chi connectivity index (χ2n) is 23.9. The molecule has 0 saturated carbocycles. The number of amides is 1. The Morgan fingerprint density at radius 3 is 1.30 bits per heavy atom. The second-order valence-corrected chi connectivity index (χ2v) is 23.9. The van der Waals surface area contributed by atoms with Crippen molar-refractivity contribution in [2.45, 2.75) is 372 Å². The third-order valence-electron chi connectivity index (χ3n) is 16.2. The quantitative estimate of drug-likeness (QED) is 0.0195. The third-order valence-corrected chi connectivity index (χ3v) is 16.2. The van der Waals surface area contributed by atoms with E-state index >= 15 is 0 Å². The minimum Gasteiger partial charge on any atom is -0.454 e. The highest BCUT2D eigenvalue weighted by atomic mass is 16.7. The van der Waals surface area contributed by atoms with Crippen LogP contribution in [-0.4, -0.2) is 99.6 Å². The summed E-state index contributed by atoms with van der Waals surface area (Å²) in [4.78, 5) is 26.6. The Labute approximate surface area is 497 Å². The smallest absolute Gasteiger partial charge is 0.306 e. The lowest BCUT2D eigenvalue weighted by atomic mass is 9.99. The molecule has 0 radical (unpaired) electrons. The topological polar surface area (TPSA) is 175 Å². The van der Waals surface area contributed by atoms with Gasteiger partial charge in [-0.25, -0.2) is 0 Å². The van der Waals surface area contributed by atoms with Gasteiger partial charge in [0.2, 0.25) is 5.91 Å². The molecular formula is C70H129NO10. The molecule has 8 unspecified atom stereocenters. The second kappa shape index (κ2) is 58.0. The molecule has 1 heterocycles. The Kier molecular flexibility index (Phi) is 54.9. The van der Waals surface area contributed by atoms with Crippen LogP contribution in [0.5, 0.6) is 0 Å². The normalized spacial score (nSPS) is 18.9. The average Bonchev–Trinajstić information content (AvgIpc) is 3.53. The van der Waals surface area contributed by atoms with Gasteiger partial charge in [-0.05, 0) is 83.5 Å². The molecule has 6 N–H and O–H groups in total. The molecule has 1 amide bonds. The SMILES string of the molecule is CCCCC/C=C\C/C=C\CCCCCCCCCCCCCC(=O)OC1C(OCC(NC(=O)C(O)CCCCCCCCCC/C=C/CCCCCCCC)C(O)/C=C/CCCCCCCCCCCCC)OC(CO)C(O)C1O. The van der Waals surface area contributed by atoms with Gasteiger partial charge in [0.25, 0.3) is 0 Å². The van der Waals surface area contributed by atoms with Crippen molar-refractivity contribution in [3.8, 4) is 0 Å². The van der Waals surface area contributed by atoms with Crippen LogP contribution in [0.25, 0.3) is 0 Å². The van der Waals surface area contributed by atoms with Crippen molar-refractivity contribution in [3.05, 3.63) is 48.6 Å². The van der Waals surface area contributed by atoms with Crippen LogP contribution in [0, 0.1) is 0 Å². The number of rotatable bonds is 59.